The fourth-order valence-corrected chi connectivity index (χ4v) is 13.9. The molecule has 0 bridgehead atoms. The number of allylic oxidation sites excluding steroid dienone is 1. The second kappa shape index (κ2) is 16.7. The lowest BCUT2D eigenvalue weighted by atomic mass is 9.46. The quantitative estimate of drug-likeness (QED) is 0.151. The highest BCUT2D eigenvalue weighted by atomic mass is 16.8. The average Bonchev–Trinajstić information content (AvgIpc) is 3.68. The molecule has 1 spiro atoms. The van der Waals surface area contributed by atoms with Gasteiger partial charge in [0.25, 0.3) is 0 Å². The van der Waals surface area contributed by atoms with Crippen LogP contribution in [0.2, 0.25) is 0 Å². The van der Waals surface area contributed by atoms with Crippen LogP contribution >= 0.6 is 0 Å². The second-order valence-corrected chi connectivity index (χ2v) is 20.7. The van der Waals surface area contributed by atoms with E-state index in [0.717, 1.165) is 50.7 Å². The molecule has 348 valence electrons. The van der Waals surface area contributed by atoms with Crippen LogP contribution < -0.4 is 0 Å². The predicted molar refractivity (Wildman–Crippen MR) is 210 cm³/mol. The van der Waals surface area contributed by atoms with Crippen molar-refractivity contribution in [3.8, 4) is 0 Å². The van der Waals surface area contributed by atoms with Gasteiger partial charge in [-0.05, 0) is 80.5 Å². The smallest absolute Gasteiger partial charge is 0.187 e. The van der Waals surface area contributed by atoms with Crippen LogP contribution in [-0.2, 0) is 37.9 Å². The van der Waals surface area contributed by atoms with E-state index < -0.39 is 123 Å². The molecule has 8 fully saturated rings. The summed E-state index contributed by atoms with van der Waals surface area (Å²) in [7, 11) is 0. The molecule has 26 atom stereocenters. The SMILES string of the molecule is C[C@@H]1CC[C@@]2(OC1)O[C@H]1C[C@H]3[C@@H]4CC=C5C[C@@H](O)C[C@@H](O[C@@H]6O[C@H](CO)[C@@H](O)[C@H](O)[C@H]6O[C@@H]6OC[C@@H](O)[C@H](O[C@@H]7O[C@H](C)[C@H](O)[C@H](O)[C@H]7O)[C@H]6O)[C@]5(C)[C@H]4CC[C@]3(C)[C@H]1[C@@H]2C. The molecule has 61 heavy (non-hydrogen) atoms. The minimum Gasteiger partial charge on any atom is -0.394 e. The zero-order chi connectivity index (χ0) is 43.5. The van der Waals surface area contributed by atoms with E-state index in [4.69, 9.17) is 37.9 Å². The molecule has 9 aliphatic rings. The number of aliphatic hydroxyl groups is 9. The first kappa shape index (κ1) is 45.2. The molecule has 0 aromatic heterocycles. The van der Waals surface area contributed by atoms with E-state index in [2.05, 4.69) is 33.8 Å². The molecule has 5 aliphatic heterocycles. The van der Waals surface area contributed by atoms with E-state index in [1.165, 1.54) is 6.92 Å². The van der Waals surface area contributed by atoms with Crippen molar-refractivity contribution in [1.29, 1.82) is 0 Å². The van der Waals surface area contributed by atoms with Crippen molar-refractivity contribution in [1.82, 2.24) is 0 Å². The fraction of sp³-hybridized carbons (Fsp3) is 0.955. The maximum atomic E-state index is 11.6. The minimum atomic E-state index is -1.76. The Morgan fingerprint density at radius 1 is 0.738 bits per heavy atom. The van der Waals surface area contributed by atoms with E-state index >= 15 is 0 Å². The Morgan fingerprint density at radius 3 is 2.21 bits per heavy atom. The van der Waals surface area contributed by atoms with Crippen molar-refractivity contribution in [2.24, 2.45) is 46.3 Å². The van der Waals surface area contributed by atoms with Crippen molar-refractivity contribution in [2.45, 2.75) is 196 Å². The molecule has 5 heterocycles. The highest BCUT2D eigenvalue weighted by Gasteiger charge is 2.69. The molecule has 0 radical (unpaired) electrons. The number of aliphatic hydroxyl groups excluding tert-OH is 9. The normalized spacial score (nSPS) is 58.4. The van der Waals surface area contributed by atoms with Gasteiger partial charge in [0.2, 0.25) is 0 Å². The molecule has 0 amide bonds. The van der Waals surface area contributed by atoms with E-state index in [9.17, 15) is 46.0 Å². The van der Waals surface area contributed by atoms with Crippen LogP contribution in [-0.4, -0.2) is 176 Å². The van der Waals surface area contributed by atoms with E-state index in [1.54, 1.807) is 0 Å². The molecular weight excluding hydrogens is 800 g/mol. The third-order valence-corrected chi connectivity index (χ3v) is 17.4. The van der Waals surface area contributed by atoms with Crippen molar-refractivity contribution in [3.05, 3.63) is 11.6 Å². The molecule has 9 rings (SSSR count). The zero-order valence-corrected chi connectivity index (χ0v) is 35.9. The maximum Gasteiger partial charge on any atom is 0.187 e. The van der Waals surface area contributed by atoms with Crippen LogP contribution in [0.4, 0.5) is 0 Å². The number of hydrogen-bond donors (Lipinski definition) is 9. The summed E-state index contributed by atoms with van der Waals surface area (Å²) >= 11 is 0. The first-order valence-electron chi connectivity index (χ1n) is 22.9. The van der Waals surface area contributed by atoms with Gasteiger partial charge in [0.15, 0.2) is 24.7 Å². The molecule has 0 aromatic carbocycles. The topological polar surface area (TPSA) is 256 Å². The summed E-state index contributed by atoms with van der Waals surface area (Å²) in [5.74, 6) is 1.59. The first-order valence-corrected chi connectivity index (χ1v) is 22.9. The molecule has 17 heteroatoms. The summed E-state index contributed by atoms with van der Waals surface area (Å²) in [6.45, 7) is 10.4. The van der Waals surface area contributed by atoms with Gasteiger partial charge < -0.3 is 83.9 Å². The summed E-state index contributed by atoms with van der Waals surface area (Å²) in [6.07, 6.45) is -13.4. The minimum absolute atomic E-state index is 0.0594. The number of hydrogen-bond acceptors (Lipinski definition) is 17. The molecule has 0 aromatic rings. The fourth-order valence-electron chi connectivity index (χ4n) is 13.9. The largest absolute Gasteiger partial charge is 0.394 e. The molecule has 5 saturated heterocycles. The van der Waals surface area contributed by atoms with Crippen molar-refractivity contribution in [2.75, 3.05) is 19.8 Å². The Balaban J connectivity index is 0.947. The van der Waals surface area contributed by atoms with Gasteiger partial charge in [-0.25, -0.2) is 0 Å². The van der Waals surface area contributed by atoms with Crippen molar-refractivity contribution >= 4 is 0 Å². The second-order valence-electron chi connectivity index (χ2n) is 20.7. The van der Waals surface area contributed by atoms with Crippen LogP contribution in [0.1, 0.15) is 86.0 Å². The molecule has 9 N–H and O–H groups in total. The lowest BCUT2D eigenvalue weighted by Gasteiger charge is -2.60. The monoisotopic (exact) mass is 870 g/mol. The molecule has 0 unspecified atom stereocenters. The van der Waals surface area contributed by atoms with Crippen LogP contribution in [0.25, 0.3) is 0 Å². The van der Waals surface area contributed by atoms with Gasteiger partial charge in [-0.15, -0.1) is 0 Å². The van der Waals surface area contributed by atoms with Crippen LogP contribution in [0, 0.1) is 46.3 Å². The van der Waals surface area contributed by atoms with E-state index in [-0.39, 0.29) is 29.8 Å². The average molecular weight is 871 g/mol. The van der Waals surface area contributed by atoms with Gasteiger partial charge in [0, 0.05) is 24.2 Å². The lowest BCUT2D eigenvalue weighted by molar-refractivity contribution is -0.380. The number of fused-ring (bicyclic) bond motifs is 7. The van der Waals surface area contributed by atoms with Crippen LogP contribution in [0.3, 0.4) is 0 Å². The Bertz CT molecular complexity index is 1590. The Kier molecular flexibility index (Phi) is 12.4. The Morgan fingerprint density at radius 2 is 1.49 bits per heavy atom. The maximum absolute atomic E-state index is 11.6. The van der Waals surface area contributed by atoms with Crippen LogP contribution in [0.15, 0.2) is 11.6 Å². The third kappa shape index (κ3) is 7.32. The summed E-state index contributed by atoms with van der Waals surface area (Å²) in [6, 6.07) is 0. The highest BCUT2D eigenvalue weighted by molar-refractivity contribution is 5.29. The molecule has 17 nitrogen and oxygen atoms in total. The third-order valence-electron chi connectivity index (χ3n) is 17.4. The molecule has 3 saturated carbocycles. The summed E-state index contributed by atoms with van der Waals surface area (Å²) in [4.78, 5) is 0. The number of rotatable bonds is 7. The lowest BCUT2D eigenvalue weighted by Crippen LogP contribution is -2.65. The van der Waals surface area contributed by atoms with E-state index in [1.807, 2.05) is 0 Å². The Labute approximate surface area is 357 Å². The predicted octanol–water partition coefficient (Wildman–Crippen LogP) is -0.176. The van der Waals surface area contributed by atoms with Gasteiger partial charge in [0.1, 0.15) is 61.0 Å². The van der Waals surface area contributed by atoms with Crippen molar-refractivity contribution < 1.29 is 83.9 Å². The highest BCUT2D eigenvalue weighted by Crippen LogP contribution is 2.71. The van der Waals surface area contributed by atoms with Crippen LogP contribution in [0.5, 0.6) is 0 Å². The summed E-state index contributed by atoms with van der Waals surface area (Å²) in [5.41, 5.74) is 0.615. The summed E-state index contributed by atoms with van der Waals surface area (Å²) < 4.78 is 49.8. The van der Waals surface area contributed by atoms with Gasteiger partial charge in [-0.2, -0.15) is 0 Å². The van der Waals surface area contributed by atoms with Gasteiger partial charge >= 0.3 is 0 Å². The standard InChI is InChI=1S/C44H70O17/c1-18-8-11-44(55-16-18)19(2)30-27(61-44)14-25-23-7-6-21-12-22(46)13-29(43(21,5)24(23)9-10-42(25,30)4)58-41-38(34(51)32(49)28(15-45)57-41)60-39-36(53)37(26(47)17-54-39)59-40-35(52)33(50)31(48)20(3)56-40/h6,18-20,22-41,45-53H,7-17H2,1-5H3/t18-,19+,20-,22-,23-,24+,25+,26-,27+,28-,29-,30+,31+,32-,33+,34+,35-,36-,37+,38-,39+,40+,41+,42+,43+,44-/m1/s1. The zero-order valence-electron chi connectivity index (χ0n) is 35.9. The number of ether oxygens (including phenoxy) is 8. The molecule has 4 aliphatic carbocycles. The molecular formula is C44H70O17. The summed E-state index contributed by atoms with van der Waals surface area (Å²) in [5, 5.41) is 97.6. The van der Waals surface area contributed by atoms with E-state index in [0.29, 0.717) is 30.1 Å². The van der Waals surface area contributed by atoms with Gasteiger partial charge in [-0.1, -0.05) is 39.3 Å². The Hall–Kier alpha value is -0.940. The first-order chi connectivity index (χ1) is 28.9. The van der Waals surface area contributed by atoms with Gasteiger partial charge in [-0.3, -0.25) is 0 Å². The van der Waals surface area contributed by atoms with Crippen molar-refractivity contribution in [3.63, 3.8) is 0 Å². The van der Waals surface area contributed by atoms with Gasteiger partial charge in [0.05, 0.1) is 44.2 Å².